The van der Waals surface area contributed by atoms with Crippen molar-refractivity contribution in [3.63, 3.8) is 0 Å². The SMILES string of the molecule is O=C(OC1C(OC2CC3C(O)CC(O)CC3[OH+]C2C2CCC(O)C(O)C2)OC(CO)C(O)C1OC(=O)C1CC(O)C(O)C(O)C1)C1CC(O)C(O)C(O)C1. The summed E-state index contributed by atoms with van der Waals surface area (Å²) in [6.07, 6.45) is -23.3. The van der Waals surface area contributed by atoms with Gasteiger partial charge in [-0.2, -0.15) is 0 Å². The normalized spacial score (nSPS) is 51.5. The Hall–Kier alpha value is -1.66. The maximum Gasteiger partial charge on any atom is 0.309 e. The first-order valence-electron chi connectivity index (χ1n) is 19.1. The molecular weight excluding hydrogens is 724 g/mol. The number of rotatable bonds is 8. The van der Waals surface area contributed by atoms with Crippen LogP contribution in [0.25, 0.3) is 0 Å². The molecule has 0 spiro atoms. The van der Waals surface area contributed by atoms with Crippen molar-refractivity contribution in [3.8, 4) is 0 Å². The van der Waals surface area contributed by atoms with E-state index in [9.17, 15) is 70.9 Å². The Morgan fingerprint density at radius 3 is 1.69 bits per heavy atom. The molecule has 2 heterocycles. The van der Waals surface area contributed by atoms with Crippen LogP contribution in [0.4, 0.5) is 0 Å². The van der Waals surface area contributed by atoms with E-state index in [2.05, 4.69) is 0 Å². The van der Waals surface area contributed by atoms with Gasteiger partial charge in [-0.1, -0.05) is 0 Å². The maximum atomic E-state index is 13.7. The molecule has 6 aliphatic rings. The third-order valence-corrected chi connectivity index (χ3v) is 12.5. The molecule has 0 aromatic rings. The van der Waals surface area contributed by atoms with Gasteiger partial charge in [-0.25, -0.2) is 0 Å². The van der Waals surface area contributed by atoms with Crippen LogP contribution in [0, 0.1) is 23.7 Å². The van der Waals surface area contributed by atoms with Crippen LogP contribution in [-0.4, -0.2) is 195 Å². The van der Waals surface area contributed by atoms with Gasteiger partial charge in [0, 0.05) is 18.8 Å². The average Bonchev–Trinajstić information content (AvgIpc) is 3.12. The largest absolute Gasteiger partial charge is 0.455 e. The van der Waals surface area contributed by atoms with Crippen LogP contribution in [0.3, 0.4) is 0 Å². The summed E-state index contributed by atoms with van der Waals surface area (Å²) >= 11 is 0. The zero-order valence-electron chi connectivity index (χ0n) is 29.7. The highest BCUT2D eigenvalue weighted by Crippen LogP contribution is 2.43. The van der Waals surface area contributed by atoms with Crippen LogP contribution in [0.1, 0.15) is 64.2 Å². The highest BCUT2D eigenvalue weighted by atomic mass is 16.7. The van der Waals surface area contributed by atoms with Gasteiger partial charge in [-0.3, -0.25) is 9.59 Å². The van der Waals surface area contributed by atoms with Crippen LogP contribution in [-0.2, 0) is 28.5 Å². The van der Waals surface area contributed by atoms with Crippen molar-refractivity contribution >= 4 is 11.9 Å². The second kappa shape index (κ2) is 17.5. The summed E-state index contributed by atoms with van der Waals surface area (Å²) in [7, 11) is 0. The number of ether oxygens (including phenoxy) is 5. The number of hydrogen-bond donors (Lipinski definition) is 12. The fourth-order valence-corrected chi connectivity index (χ4v) is 9.36. The summed E-state index contributed by atoms with van der Waals surface area (Å²) in [6.45, 7) is -0.825. The third-order valence-electron chi connectivity index (χ3n) is 12.5. The molecule has 19 nitrogen and oxygen atoms in total. The lowest BCUT2D eigenvalue weighted by molar-refractivity contribution is -0.358. The van der Waals surface area contributed by atoms with Gasteiger partial charge in [-0.05, 0) is 51.4 Å². The second-order valence-electron chi connectivity index (χ2n) is 16.3. The zero-order chi connectivity index (χ0) is 39.2. The van der Waals surface area contributed by atoms with Crippen LogP contribution in [0.2, 0.25) is 0 Å². The molecule has 4 aliphatic carbocycles. The number of carbonyl (C=O) groups is 2. The Labute approximate surface area is 311 Å². The molecule has 0 bridgehead atoms. The lowest BCUT2D eigenvalue weighted by atomic mass is 9.72. The number of hydrogen-bond acceptors (Lipinski definition) is 18. The number of fused-ring (bicyclic) bond motifs is 1. The second-order valence-corrected chi connectivity index (χ2v) is 16.3. The lowest BCUT2D eigenvalue weighted by Crippen LogP contribution is -2.65. The van der Waals surface area contributed by atoms with Crippen molar-refractivity contribution < 1.29 is 94.6 Å². The van der Waals surface area contributed by atoms with Gasteiger partial charge in [0.05, 0.1) is 73.2 Å². The number of carbonyl (C=O) groups excluding carboxylic acids is 2. The Morgan fingerprint density at radius 1 is 0.593 bits per heavy atom. The summed E-state index contributed by atoms with van der Waals surface area (Å²) in [4.78, 5) is 27.3. The molecule has 0 amide bonds. The topological polar surface area (TPSA) is 327 Å². The summed E-state index contributed by atoms with van der Waals surface area (Å²) < 4.78 is 29.1. The monoisotopic (exact) mass is 781 g/mol. The van der Waals surface area contributed by atoms with Crippen molar-refractivity contribution in [2.24, 2.45) is 23.7 Å². The number of aliphatic hydroxyl groups is 14. The van der Waals surface area contributed by atoms with E-state index in [1.54, 1.807) is 0 Å². The van der Waals surface area contributed by atoms with E-state index >= 15 is 0 Å². The molecule has 2 aliphatic heterocycles. The Kier molecular flexibility index (Phi) is 13.6. The molecule has 13 N–H and O–H groups in total. The Morgan fingerprint density at radius 2 is 1.15 bits per heavy atom. The molecule has 310 valence electrons. The summed E-state index contributed by atoms with van der Waals surface area (Å²) in [5.41, 5.74) is 0. The molecule has 6 fully saturated rings. The van der Waals surface area contributed by atoms with Gasteiger partial charge < -0.3 is 85.0 Å². The minimum absolute atomic E-state index is 0.0920. The predicted molar refractivity (Wildman–Crippen MR) is 176 cm³/mol. The summed E-state index contributed by atoms with van der Waals surface area (Å²) in [6, 6.07) is 0. The van der Waals surface area contributed by atoms with E-state index in [-0.39, 0.29) is 63.7 Å². The molecule has 19 heteroatoms. The van der Waals surface area contributed by atoms with Gasteiger partial charge in [0.15, 0.2) is 30.7 Å². The zero-order valence-corrected chi connectivity index (χ0v) is 29.7. The molecule has 18 unspecified atom stereocenters. The fraction of sp³-hybridized carbons (Fsp3) is 0.943. The van der Waals surface area contributed by atoms with Crippen molar-refractivity contribution in [2.45, 2.75) is 174 Å². The van der Waals surface area contributed by atoms with E-state index < -0.39 is 146 Å². The first-order valence-corrected chi connectivity index (χ1v) is 19.1. The average molecular weight is 782 g/mol. The summed E-state index contributed by atoms with van der Waals surface area (Å²) in [5.74, 6) is -5.25. The van der Waals surface area contributed by atoms with E-state index in [1.807, 2.05) is 0 Å². The van der Waals surface area contributed by atoms with Gasteiger partial charge in [-0.15, -0.1) is 0 Å². The molecule has 0 aromatic heterocycles. The first-order chi connectivity index (χ1) is 25.6. The van der Waals surface area contributed by atoms with Crippen molar-refractivity contribution in [1.29, 1.82) is 0 Å². The molecule has 0 aromatic carbocycles. The van der Waals surface area contributed by atoms with Gasteiger partial charge >= 0.3 is 11.9 Å². The van der Waals surface area contributed by atoms with Crippen LogP contribution >= 0.6 is 0 Å². The number of aliphatic hydroxyl groups excluding tert-OH is 12. The van der Waals surface area contributed by atoms with Crippen LogP contribution in [0.5, 0.6) is 0 Å². The standard InChI is InChI=1S/C35H56O19/c36-11-26-29(47)31(53-33(48)13-4-20(41)27(45)21(42)5-13)32(54-34(49)14-6-22(43)28(46)23(44)7-14)35(52-26)51-25-10-16-18(39)8-15(37)9-24(16)50-30(25)12-1-2-17(38)19(40)3-12/h12-32,35-47H,1-11H2/p+1. The molecule has 4 saturated carbocycles. The lowest BCUT2D eigenvalue weighted by Gasteiger charge is -2.49. The quantitative estimate of drug-likeness (QED) is 0.0808. The Balaban J connectivity index is 1.31. The van der Waals surface area contributed by atoms with Gasteiger partial charge in [0.1, 0.15) is 30.5 Å². The van der Waals surface area contributed by atoms with Gasteiger partial charge in [0.2, 0.25) is 0 Å². The molecule has 2 saturated heterocycles. The highest BCUT2D eigenvalue weighted by molar-refractivity contribution is 5.74. The molecular formula is C35H57O19+. The fourth-order valence-electron chi connectivity index (χ4n) is 9.36. The smallest absolute Gasteiger partial charge is 0.309 e. The van der Waals surface area contributed by atoms with E-state index in [4.69, 9.17) is 23.7 Å². The molecule has 54 heavy (non-hydrogen) atoms. The predicted octanol–water partition coefficient (Wildman–Crippen LogP) is -5.42. The maximum absolute atomic E-state index is 13.7. The van der Waals surface area contributed by atoms with Crippen molar-refractivity contribution in [1.82, 2.24) is 0 Å². The van der Waals surface area contributed by atoms with E-state index in [0.717, 1.165) is 0 Å². The third kappa shape index (κ3) is 8.90. The molecule has 6 rings (SSSR count). The van der Waals surface area contributed by atoms with Gasteiger partial charge in [0.25, 0.3) is 0 Å². The first kappa shape index (κ1) is 42.0. The molecule has 0 radical (unpaired) electrons. The number of esters is 2. The minimum Gasteiger partial charge on any atom is -0.455 e. The molecule has 18 atom stereocenters. The van der Waals surface area contributed by atoms with Crippen LogP contribution in [0.15, 0.2) is 0 Å². The minimum atomic E-state index is -1.84. The van der Waals surface area contributed by atoms with Crippen LogP contribution < -0.4 is 0 Å². The highest BCUT2D eigenvalue weighted by Gasteiger charge is 2.57. The Bertz CT molecular complexity index is 1250. The summed E-state index contributed by atoms with van der Waals surface area (Å²) in [5, 5.41) is 125. The van der Waals surface area contributed by atoms with E-state index in [0.29, 0.717) is 6.42 Å². The van der Waals surface area contributed by atoms with E-state index in [1.165, 1.54) is 0 Å². The van der Waals surface area contributed by atoms with Crippen molar-refractivity contribution in [2.75, 3.05) is 6.61 Å². The van der Waals surface area contributed by atoms with Crippen molar-refractivity contribution in [3.05, 3.63) is 0 Å².